The molecule has 0 bridgehead atoms. The molecule has 1 aliphatic heterocycles. The van der Waals surface area contributed by atoms with Crippen LogP contribution in [-0.4, -0.2) is 54.1 Å². The number of aromatic nitrogens is 2. The largest absolute Gasteiger partial charge is 0.494 e. The molecule has 6 nitrogen and oxygen atoms in total. The van der Waals surface area contributed by atoms with Crippen LogP contribution in [0.1, 0.15) is 10.5 Å². The highest BCUT2D eigenvalue weighted by molar-refractivity contribution is 7.16. The van der Waals surface area contributed by atoms with Crippen molar-refractivity contribution in [2.45, 2.75) is 0 Å². The lowest BCUT2D eigenvalue weighted by Crippen LogP contribution is -2.49. The summed E-state index contributed by atoms with van der Waals surface area (Å²) in [5, 5.41) is 2.71. The number of hydrogen-bond acceptors (Lipinski definition) is 6. The minimum atomic E-state index is -0.381. The Morgan fingerprint density at radius 2 is 2.00 bits per heavy atom. The predicted octanol–water partition coefficient (Wildman–Crippen LogP) is 2.80. The van der Waals surface area contributed by atoms with Gasteiger partial charge in [0.25, 0.3) is 5.91 Å². The maximum atomic E-state index is 13.6. The topological polar surface area (TPSA) is 58.6 Å². The molecule has 1 fully saturated rings. The highest BCUT2D eigenvalue weighted by Gasteiger charge is 2.25. The van der Waals surface area contributed by atoms with Crippen molar-refractivity contribution in [2.24, 2.45) is 0 Å². The van der Waals surface area contributed by atoms with Crippen molar-refractivity contribution in [1.82, 2.24) is 14.9 Å². The molecule has 0 unspecified atom stereocenters. The van der Waals surface area contributed by atoms with Crippen LogP contribution in [0.25, 0.3) is 10.2 Å². The number of benzene rings is 1. The Morgan fingerprint density at radius 1 is 1.19 bits per heavy atom. The van der Waals surface area contributed by atoms with Gasteiger partial charge in [-0.05, 0) is 23.6 Å². The Kier molecular flexibility index (Phi) is 4.42. The lowest BCUT2D eigenvalue weighted by molar-refractivity contribution is 0.0743. The molecule has 0 aliphatic carbocycles. The average Bonchev–Trinajstić information content (AvgIpc) is 3.17. The van der Waals surface area contributed by atoms with Gasteiger partial charge in [-0.1, -0.05) is 0 Å². The number of anilines is 1. The van der Waals surface area contributed by atoms with Crippen LogP contribution in [0, 0.1) is 5.82 Å². The zero-order valence-corrected chi connectivity index (χ0v) is 15.0. The molecular formula is C18H17FN4O2S. The van der Waals surface area contributed by atoms with Gasteiger partial charge < -0.3 is 14.5 Å². The van der Waals surface area contributed by atoms with Crippen LogP contribution < -0.4 is 9.64 Å². The van der Waals surface area contributed by atoms with E-state index in [1.807, 2.05) is 11.4 Å². The molecule has 3 aromatic rings. The number of thiophene rings is 1. The molecular weight excluding hydrogens is 355 g/mol. The second-order valence-corrected chi connectivity index (χ2v) is 6.85. The monoisotopic (exact) mass is 372 g/mol. The average molecular weight is 372 g/mol. The van der Waals surface area contributed by atoms with Gasteiger partial charge in [0.2, 0.25) is 0 Å². The first kappa shape index (κ1) is 16.7. The van der Waals surface area contributed by atoms with E-state index >= 15 is 0 Å². The van der Waals surface area contributed by atoms with Gasteiger partial charge in [0.05, 0.1) is 7.11 Å². The molecule has 0 radical (unpaired) electrons. The third-order valence-corrected chi connectivity index (χ3v) is 5.35. The molecule has 1 amide bonds. The van der Waals surface area contributed by atoms with Crippen molar-refractivity contribution in [3.8, 4) is 5.75 Å². The molecule has 4 rings (SSSR count). The van der Waals surface area contributed by atoms with Crippen molar-refractivity contribution in [3.05, 3.63) is 47.5 Å². The van der Waals surface area contributed by atoms with E-state index in [0.717, 1.165) is 15.9 Å². The number of halogens is 1. The van der Waals surface area contributed by atoms with Gasteiger partial charge >= 0.3 is 0 Å². The van der Waals surface area contributed by atoms with Gasteiger partial charge in [0.1, 0.15) is 16.9 Å². The molecule has 0 spiro atoms. The molecule has 1 aromatic carbocycles. The number of rotatable bonds is 3. The summed E-state index contributed by atoms with van der Waals surface area (Å²) in [6.07, 6.45) is 1.44. The third-order valence-electron chi connectivity index (χ3n) is 4.53. The summed E-state index contributed by atoms with van der Waals surface area (Å²) in [6, 6.07) is 6.70. The quantitative estimate of drug-likeness (QED) is 0.708. The summed E-state index contributed by atoms with van der Waals surface area (Å²) in [6.45, 7) is 2.49. The van der Waals surface area contributed by atoms with E-state index in [9.17, 15) is 9.18 Å². The molecule has 2 aromatic heterocycles. The summed E-state index contributed by atoms with van der Waals surface area (Å²) in [7, 11) is 1.45. The summed E-state index contributed by atoms with van der Waals surface area (Å²) >= 11 is 1.50. The van der Waals surface area contributed by atoms with Crippen molar-refractivity contribution in [3.63, 3.8) is 0 Å². The highest BCUT2D eigenvalue weighted by Crippen LogP contribution is 2.26. The van der Waals surface area contributed by atoms with E-state index in [1.165, 1.54) is 30.8 Å². The third kappa shape index (κ3) is 2.96. The summed E-state index contributed by atoms with van der Waals surface area (Å²) in [4.78, 5) is 26.0. The summed E-state index contributed by atoms with van der Waals surface area (Å²) in [5.74, 6) is -0.234. The molecule has 26 heavy (non-hydrogen) atoms. The fourth-order valence-electron chi connectivity index (χ4n) is 3.12. The van der Waals surface area contributed by atoms with Crippen LogP contribution >= 0.6 is 11.3 Å². The van der Waals surface area contributed by atoms with Crippen LogP contribution in [0.15, 0.2) is 36.0 Å². The molecule has 1 saturated heterocycles. The van der Waals surface area contributed by atoms with Crippen LogP contribution in [0.5, 0.6) is 5.75 Å². The van der Waals surface area contributed by atoms with Gasteiger partial charge in [-0.2, -0.15) is 0 Å². The Hall–Kier alpha value is -2.74. The van der Waals surface area contributed by atoms with E-state index in [0.29, 0.717) is 31.9 Å². The van der Waals surface area contributed by atoms with E-state index in [-0.39, 0.29) is 17.5 Å². The molecule has 8 heteroatoms. The minimum absolute atomic E-state index is 0.0767. The molecule has 0 saturated carbocycles. The number of methoxy groups -OCH3 is 1. The van der Waals surface area contributed by atoms with Crippen LogP contribution in [0.2, 0.25) is 0 Å². The Labute approximate surface area is 153 Å². The number of piperazine rings is 1. The van der Waals surface area contributed by atoms with E-state index in [2.05, 4.69) is 14.9 Å². The van der Waals surface area contributed by atoms with E-state index < -0.39 is 0 Å². The lowest BCUT2D eigenvalue weighted by atomic mass is 10.2. The number of carbonyl (C=O) groups excluding carboxylic acids is 1. The Morgan fingerprint density at radius 3 is 2.77 bits per heavy atom. The summed E-state index contributed by atoms with van der Waals surface area (Å²) in [5.41, 5.74) is 1.34. The second-order valence-electron chi connectivity index (χ2n) is 5.96. The first-order valence-corrected chi connectivity index (χ1v) is 9.11. The molecule has 0 atom stereocenters. The summed E-state index contributed by atoms with van der Waals surface area (Å²) < 4.78 is 18.6. The van der Waals surface area contributed by atoms with Gasteiger partial charge in [-0.3, -0.25) is 4.79 Å². The molecule has 1 aliphatic rings. The second kappa shape index (κ2) is 6.87. The van der Waals surface area contributed by atoms with Gasteiger partial charge in [-0.25, -0.2) is 14.4 Å². The zero-order chi connectivity index (χ0) is 18.1. The fraction of sp³-hybridized carbons (Fsp3) is 0.278. The van der Waals surface area contributed by atoms with Crippen molar-refractivity contribution in [2.75, 3.05) is 38.2 Å². The minimum Gasteiger partial charge on any atom is -0.494 e. The number of amides is 1. The molecule has 134 valence electrons. The standard InChI is InChI=1S/C18H17FN4O2S/c1-25-15-10-12(2-3-14(15)19)22-5-7-23(8-6-22)18(24)16-13-4-9-26-17(13)21-11-20-16/h2-4,9-11H,5-8H2,1H3. The number of ether oxygens (including phenoxy) is 1. The number of carbonyl (C=O) groups is 1. The lowest BCUT2D eigenvalue weighted by Gasteiger charge is -2.36. The smallest absolute Gasteiger partial charge is 0.273 e. The predicted molar refractivity (Wildman–Crippen MR) is 98.5 cm³/mol. The Bertz CT molecular complexity index is 953. The normalized spacial score (nSPS) is 14.7. The van der Waals surface area contributed by atoms with E-state index in [1.54, 1.807) is 17.0 Å². The number of fused-ring (bicyclic) bond motifs is 1. The van der Waals surface area contributed by atoms with Crippen molar-refractivity contribution < 1.29 is 13.9 Å². The highest BCUT2D eigenvalue weighted by atomic mass is 32.1. The maximum absolute atomic E-state index is 13.6. The van der Waals surface area contributed by atoms with Crippen molar-refractivity contribution in [1.29, 1.82) is 0 Å². The fourth-order valence-corrected chi connectivity index (χ4v) is 3.86. The SMILES string of the molecule is COc1cc(N2CCN(C(=O)c3ncnc4sccc34)CC2)ccc1F. The van der Waals surface area contributed by atoms with Gasteiger partial charge in [-0.15, -0.1) is 11.3 Å². The van der Waals surface area contributed by atoms with Crippen LogP contribution in [0.4, 0.5) is 10.1 Å². The van der Waals surface area contributed by atoms with Crippen molar-refractivity contribution >= 4 is 33.1 Å². The molecule has 0 N–H and O–H groups in total. The number of hydrogen-bond donors (Lipinski definition) is 0. The molecule has 3 heterocycles. The van der Waals surface area contributed by atoms with Gasteiger partial charge in [0, 0.05) is 43.3 Å². The van der Waals surface area contributed by atoms with Crippen LogP contribution in [0.3, 0.4) is 0 Å². The Balaban J connectivity index is 1.48. The zero-order valence-electron chi connectivity index (χ0n) is 14.2. The first-order chi connectivity index (χ1) is 12.7. The number of nitrogens with zero attached hydrogens (tertiary/aromatic N) is 4. The van der Waals surface area contributed by atoms with E-state index in [4.69, 9.17) is 4.74 Å². The maximum Gasteiger partial charge on any atom is 0.273 e. The first-order valence-electron chi connectivity index (χ1n) is 8.23. The van der Waals surface area contributed by atoms with Gasteiger partial charge in [0.15, 0.2) is 11.6 Å². The van der Waals surface area contributed by atoms with Crippen LogP contribution in [-0.2, 0) is 0 Å².